The number of nitrogens with zero attached hydrogens (tertiary/aromatic N) is 1. The smallest absolute Gasteiger partial charge is 0.417 e. The number of hydrogen-bond acceptors (Lipinski definition) is 4. The number of nitrogens with one attached hydrogen (secondary N) is 2. The van der Waals surface area contributed by atoms with Gasteiger partial charge in [-0.25, -0.2) is 0 Å². The molecule has 2 aromatic carbocycles. The van der Waals surface area contributed by atoms with Crippen LogP contribution in [0, 0.1) is 11.3 Å². The minimum Gasteiger partial charge on any atom is -0.495 e. The summed E-state index contributed by atoms with van der Waals surface area (Å²) < 4.78 is 43.7. The van der Waals surface area contributed by atoms with Crippen molar-refractivity contribution < 1.29 is 22.7 Å². The molecule has 0 aliphatic heterocycles. The first-order chi connectivity index (χ1) is 13.2. The fraction of sp³-hybridized carbons (Fsp3) is 0.111. The topological polar surface area (TPSA) is 74.1 Å². The summed E-state index contributed by atoms with van der Waals surface area (Å²) in [5.74, 6) is -0.456. The monoisotopic (exact) mass is 429 g/mol. The Labute approximate surface area is 168 Å². The lowest BCUT2D eigenvalue weighted by Gasteiger charge is -2.11. The molecule has 1 amide bonds. The van der Waals surface area contributed by atoms with Gasteiger partial charge in [-0.15, -0.1) is 0 Å². The second-order valence-corrected chi connectivity index (χ2v) is 6.12. The molecule has 2 N–H and O–H groups in total. The van der Waals surface area contributed by atoms with E-state index in [0.29, 0.717) is 22.5 Å². The van der Waals surface area contributed by atoms with Crippen molar-refractivity contribution >= 4 is 40.5 Å². The zero-order valence-electron chi connectivity index (χ0n) is 14.2. The van der Waals surface area contributed by atoms with Crippen molar-refractivity contribution in [2.24, 2.45) is 0 Å². The zero-order chi connectivity index (χ0) is 20.9. The Morgan fingerprint density at radius 3 is 2.39 bits per heavy atom. The lowest BCUT2D eigenvalue weighted by Crippen LogP contribution is -2.15. The fourth-order valence-corrected chi connectivity index (χ4v) is 2.56. The van der Waals surface area contributed by atoms with Crippen LogP contribution in [0.4, 0.5) is 24.5 Å². The number of carbonyl (C=O) groups excluding carboxylic acids is 1. The van der Waals surface area contributed by atoms with Gasteiger partial charge in [-0.1, -0.05) is 23.2 Å². The maximum atomic E-state index is 12.9. The van der Waals surface area contributed by atoms with Crippen molar-refractivity contribution in [2.75, 3.05) is 17.7 Å². The average Bonchev–Trinajstić information content (AvgIpc) is 2.63. The van der Waals surface area contributed by atoms with Crippen molar-refractivity contribution in [1.29, 1.82) is 5.26 Å². The number of rotatable bonds is 5. The Kier molecular flexibility index (Phi) is 6.78. The molecule has 10 heteroatoms. The molecule has 0 fully saturated rings. The van der Waals surface area contributed by atoms with Crippen LogP contribution < -0.4 is 15.4 Å². The van der Waals surface area contributed by atoms with Crippen LogP contribution in [-0.4, -0.2) is 13.0 Å². The molecule has 0 saturated heterocycles. The predicted molar refractivity (Wildman–Crippen MR) is 100 cm³/mol. The van der Waals surface area contributed by atoms with Crippen molar-refractivity contribution in [2.45, 2.75) is 6.18 Å². The first-order valence-electron chi connectivity index (χ1n) is 7.54. The third-order valence-electron chi connectivity index (χ3n) is 3.43. The highest BCUT2D eigenvalue weighted by molar-refractivity contribution is 6.32. The number of benzene rings is 2. The van der Waals surface area contributed by atoms with Crippen LogP contribution in [0.3, 0.4) is 0 Å². The molecular weight excluding hydrogens is 418 g/mol. The molecule has 2 aromatic rings. The van der Waals surface area contributed by atoms with E-state index in [4.69, 9.17) is 33.2 Å². The molecule has 0 heterocycles. The van der Waals surface area contributed by atoms with Crippen LogP contribution in [0.1, 0.15) is 5.56 Å². The van der Waals surface area contributed by atoms with Crippen molar-refractivity contribution in [3.63, 3.8) is 0 Å². The number of anilines is 2. The Morgan fingerprint density at radius 1 is 1.14 bits per heavy atom. The predicted octanol–water partition coefficient (Wildman–Crippen LogP) is 5.48. The molecule has 0 aromatic heterocycles. The summed E-state index contributed by atoms with van der Waals surface area (Å²) in [5.41, 5.74) is -1.15. The first kappa shape index (κ1) is 21.4. The van der Waals surface area contributed by atoms with Crippen LogP contribution in [0.2, 0.25) is 10.0 Å². The highest BCUT2D eigenvalue weighted by atomic mass is 35.5. The molecule has 0 radical (unpaired) electrons. The van der Waals surface area contributed by atoms with Crippen LogP contribution in [-0.2, 0) is 11.0 Å². The van der Waals surface area contributed by atoms with Crippen LogP contribution >= 0.6 is 23.2 Å². The quantitative estimate of drug-likeness (QED) is 0.487. The first-order valence-corrected chi connectivity index (χ1v) is 8.29. The van der Waals surface area contributed by atoms with Crippen LogP contribution in [0.25, 0.3) is 0 Å². The van der Waals surface area contributed by atoms with E-state index >= 15 is 0 Å². The average molecular weight is 430 g/mol. The number of nitriles is 1. The van der Waals surface area contributed by atoms with E-state index in [0.717, 1.165) is 12.3 Å². The van der Waals surface area contributed by atoms with Gasteiger partial charge in [0.1, 0.15) is 17.4 Å². The van der Waals surface area contributed by atoms with Crippen molar-refractivity contribution in [3.8, 4) is 11.8 Å². The van der Waals surface area contributed by atoms with Gasteiger partial charge in [0.15, 0.2) is 0 Å². The van der Waals surface area contributed by atoms with Gasteiger partial charge < -0.3 is 15.4 Å². The van der Waals surface area contributed by atoms with E-state index in [1.54, 1.807) is 18.2 Å². The molecule has 146 valence electrons. The molecule has 0 aliphatic carbocycles. The number of ether oxygens (including phenoxy) is 1. The molecule has 0 atom stereocenters. The summed E-state index contributed by atoms with van der Waals surface area (Å²) in [4.78, 5) is 12.2. The zero-order valence-corrected chi connectivity index (χ0v) is 15.7. The highest BCUT2D eigenvalue weighted by Crippen LogP contribution is 2.36. The number of halogens is 5. The van der Waals surface area contributed by atoms with Gasteiger partial charge in [0.05, 0.1) is 22.7 Å². The number of carbonyl (C=O) groups is 1. The summed E-state index contributed by atoms with van der Waals surface area (Å²) >= 11 is 11.5. The summed E-state index contributed by atoms with van der Waals surface area (Å²) in [5, 5.41) is 13.9. The number of methoxy groups -OCH3 is 1. The standard InChI is InChI=1S/C18H12Cl2F3N3O2/c1-28-16-5-3-11(7-15(16)20)25-9-10(8-24)17(27)26-12-2-4-14(19)13(6-12)18(21,22)23/h2-7,9,25H,1H3,(H,26,27)/b10-9-. The Hall–Kier alpha value is -2.89. The fourth-order valence-electron chi connectivity index (χ4n) is 2.08. The van der Waals surface area contributed by atoms with Crippen molar-refractivity contribution in [1.82, 2.24) is 0 Å². The second kappa shape index (κ2) is 8.87. The van der Waals surface area contributed by atoms with E-state index in [9.17, 15) is 18.0 Å². The summed E-state index contributed by atoms with van der Waals surface area (Å²) in [6.07, 6.45) is -3.57. The van der Waals surface area contributed by atoms with Crippen LogP contribution in [0.5, 0.6) is 5.75 Å². The molecular formula is C18H12Cl2F3N3O2. The van der Waals surface area contributed by atoms with Crippen molar-refractivity contribution in [3.05, 3.63) is 63.8 Å². The highest BCUT2D eigenvalue weighted by Gasteiger charge is 2.33. The summed E-state index contributed by atoms with van der Waals surface area (Å²) in [6, 6.07) is 9.25. The van der Waals surface area contributed by atoms with Gasteiger partial charge in [-0.2, -0.15) is 18.4 Å². The molecule has 0 saturated carbocycles. The number of alkyl halides is 3. The van der Waals surface area contributed by atoms with Gasteiger partial charge in [0.25, 0.3) is 5.91 Å². The number of amides is 1. The molecule has 5 nitrogen and oxygen atoms in total. The molecule has 2 rings (SSSR count). The van der Waals surface area contributed by atoms with E-state index < -0.39 is 22.7 Å². The Morgan fingerprint density at radius 2 is 1.82 bits per heavy atom. The largest absolute Gasteiger partial charge is 0.495 e. The van der Waals surface area contributed by atoms with Crippen LogP contribution in [0.15, 0.2) is 48.2 Å². The molecule has 28 heavy (non-hydrogen) atoms. The summed E-state index contributed by atoms with van der Waals surface area (Å²) in [6.45, 7) is 0. The van der Waals surface area contributed by atoms with Gasteiger partial charge >= 0.3 is 6.18 Å². The number of hydrogen-bond donors (Lipinski definition) is 2. The maximum absolute atomic E-state index is 12.9. The van der Waals surface area contributed by atoms with Gasteiger partial charge in [-0.05, 0) is 36.4 Å². The Bertz CT molecular complexity index is 970. The minimum absolute atomic E-state index is 0.157. The maximum Gasteiger partial charge on any atom is 0.417 e. The Balaban J connectivity index is 2.17. The van der Waals surface area contributed by atoms with Gasteiger partial charge in [-0.3, -0.25) is 4.79 Å². The summed E-state index contributed by atoms with van der Waals surface area (Å²) in [7, 11) is 1.45. The lowest BCUT2D eigenvalue weighted by molar-refractivity contribution is -0.137. The van der Waals surface area contributed by atoms with Gasteiger partial charge in [0.2, 0.25) is 0 Å². The van der Waals surface area contributed by atoms with E-state index in [1.807, 2.05) is 0 Å². The second-order valence-electron chi connectivity index (χ2n) is 5.31. The third-order valence-corrected chi connectivity index (χ3v) is 4.05. The molecule has 0 unspecified atom stereocenters. The third kappa shape index (κ3) is 5.31. The molecule has 0 aliphatic rings. The molecule has 0 spiro atoms. The molecule has 0 bridgehead atoms. The SMILES string of the molecule is COc1ccc(N/C=C(/C#N)C(=O)Nc2ccc(Cl)c(C(F)(F)F)c2)cc1Cl. The van der Waals surface area contributed by atoms with Gasteiger partial charge in [0, 0.05) is 17.6 Å². The lowest BCUT2D eigenvalue weighted by atomic mass is 10.2. The van der Waals surface area contributed by atoms with E-state index in [1.165, 1.54) is 19.2 Å². The normalized spacial score (nSPS) is 11.5. The van der Waals surface area contributed by atoms with E-state index in [2.05, 4.69) is 10.6 Å². The van der Waals surface area contributed by atoms with E-state index in [-0.39, 0.29) is 11.3 Å². The minimum atomic E-state index is -4.68.